The van der Waals surface area contributed by atoms with Crippen molar-refractivity contribution in [1.82, 2.24) is 0 Å². The van der Waals surface area contributed by atoms with Crippen molar-refractivity contribution in [2.75, 3.05) is 26.1 Å². The van der Waals surface area contributed by atoms with Crippen LogP contribution >= 0.6 is 0 Å². The predicted octanol–water partition coefficient (Wildman–Crippen LogP) is 1.10. The molecule has 0 bridgehead atoms. The van der Waals surface area contributed by atoms with Gasteiger partial charge in [0.05, 0.1) is 14.2 Å². The van der Waals surface area contributed by atoms with E-state index in [1.165, 1.54) is 5.56 Å². The molecule has 3 N–H and O–H groups in total. The van der Waals surface area contributed by atoms with Gasteiger partial charge in [0.15, 0.2) is 11.5 Å². The maximum Gasteiger partial charge on any atom is 0.162 e. The number of hydrogen-bond acceptors (Lipinski definition) is 4. The summed E-state index contributed by atoms with van der Waals surface area (Å²) in [6.45, 7) is 0.930. The van der Waals surface area contributed by atoms with E-state index in [0.717, 1.165) is 30.2 Å². The maximum absolute atomic E-state index is 6.03. The van der Waals surface area contributed by atoms with Gasteiger partial charge in [-0.25, -0.2) is 0 Å². The van der Waals surface area contributed by atoms with E-state index < -0.39 is 0 Å². The lowest BCUT2D eigenvalue weighted by atomic mass is 9.97. The van der Waals surface area contributed by atoms with Crippen molar-refractivity contribution < 1.29 is 9.47 Å². The van der Waals surface area contributed by atoms with Gasteiger partial charge in [-0.1, -0.05) is 0 Å². The van der Waals surface area contributed by atoms with Gasteiger partial charge in [0.2, 0.25) is 0 Å². The van der Waals surface area contributed by atoms with Crippen LogP contribution in [0.4, 0.5) is 5.69 Å². The maximum atomic E-state index is 6.03. The molecule has 1 aliphatic carbocycles. The number of rotatable bonds is 2. The van der Waals surface area contributed by atoms with Gasteiger partial charge in [-0.15, -0.1) is 0 Å². The summed E-state index contributed by atoms with van der Waals surface area (Å²) in [5.74, 6) is 1.54. The molecule has 1 heterocycles. The molecule has 0 aromatic heterocycles. The molecule has 0 radical (unpaired) electrons. The molecular weight excluding hydrogens is 204 g/mol. The zero-order valence-corrected chi connectivity index (χ0v) is 9.54. The molecule has 2 unspecified atom stereocenters. The summed E-state index contributed by atoms with van der Waals surface area (Å²) in [4.78, 5) is 0. The van der Waals surface area contributed by atoms with Gasteiger partial charge in [-0.2, -0.15) is 0 Å². The Morgan fingerprint density at radius 2 is 1.94 bits per heavy atom. The zero-order chi connectivity index (χ0) is 11.3. The Morgan fingerprint density at radius 1 is 1.31 bits per heavy atom. The Kier molecular flexibility index (Phi) is 1.86. The Morgan fingerprint density at radius 3 is 2.50 bits per heavy atom. The van der Waals surface area contributed by atoms with Crippen LogP contribution in [-0.4, -0.2) is 26.8 Å². The fraction of sp³-hybridized carbons (Fsp3) is 0.500. The van der Waals surface area contributed by atoms with E-state index in [-0.39, 0.29) is 11.5 Å². The molecule has 1 spiro atoms. The third-order valence-corrected chi connectivity index (χ3v) is 3.79. The lowest BCUT2D eigenvalue weighted by Crippen LogP contribution is -2.20. The molecule has 1 aromatic carbocycles. The van der Waals surface area contributed by atoms with Crippen LogP contribution in [0, 0.1) is 0 Å². The number of nitrogens with two attached hydrogens (primary N) is 1. The van der Waals surface area contributed by atoms with Crippen molar-refractivity contribution in [2.24, 2.45) is 5.73 Å². The Balaban J connectivity index is 2.10. The summed E-state index contributed by atoms with van der Waals surface area (Å²) in [6, 6.07) is 4.33. The van der Waals surface area contributed by atoms with Gasteiger partial charge in [0.1, 0.15) is 0 Å². The van der Waals surface area contributed by atoms with Crippen molar-refractivity contribution in [3.63, 3.8) is 0 Å². The van der Waals surface area contributed by atoms with E-state index in [1.807, 2.05) is 6.07 Å². The van der Waals surface area contributed by atoms with Crippen LogP contribution in [0.2, 0.25) is 0 Å². The van der Waals surface area contributed by atoms with Crippen molar-refractivity contribution in [1.29, 1.82) is 0 Å². The third kappa shape index (κ3) is 1.08. The molecule has 4 heteroatoms. The number of anilines is 1. The van der Waals surface area contributed by atoms with E-state index >= 15 is 0 Å². The second kappa shape index (κ2) is 3.04. The number of hydrogen-bond donors (Lipinski definition) is 2. The Labute approximate surface area is 94.7 Å². The summed E-state index contributed by atoms with van der Waals surface area (Å²) in [6.07, 6.45) is 1.06. The van der Waals surface area contributed by atoms with Gasteiger partial charge >= 0.3 is 0 Å². The van der Waals surface area contributed by atoms with E-state index in [1.54, 1.807) is 14.2 Å². The lowest BCUT2D eigenvalue weighted by molar-refractivity contribution is 0.354. The molecule has 4 nitrogen and oxygen atoms in total. The normalized spacial score (nSPS) is 29.8. The summed E-state index contributed by atoms with van der Waals surface area (Å²) in [5, 5.41) is 3.39. The minimum absolute atomic E-state index is 0.148. The summed E-state index contributed by atoms with van der Waals surface area (Å²) in [7, 11) is 3.31. The average molecular weight is 220 g/mol. The number of ether oxygens (including phenoxy) is 2. The molecule has 1 saturated carbocycles. The quantitative estimate of drug-likeness (QED) is 0.783. The average Bonchev–Trinajstić information content (AvgIpc) is 2.82. The van der Waals surface area contributed by atoms with Crippen LogP contribution in [0.5, 0.6) is 11.5 Å². The van der Waals surface area contributed by atoms with E-state index in [2.05, 4.69) is 11.4 Å². The Hall–Kier alpha value is -1.42. The molecule has 1 aliphatic heterocycles. The summed E-state index contributed by atoms with van der Waals surface area (Å²) < 4.78 is 10.6. The Bertz CT molecular complexity index is 447. The van der Waals surface area contributed by atoms with Gasteiger partial charge < -0.3 is 20.5 Å². The highest BCUT2D eigenvalue weighted by molar-refractivity contribution is 5.69. The van der Waals surface area contributed by atoms with Crippen molar-refractivity contribution >= 4 is 5.69 Å². The number of methoxy groups -OCH3 is 2. The first-order valence-electron chi connectivity index (χ1n) is 5.47. The van der Waals surface area contributed by atoms with Crippen LogP contribution in [0.15, 0.2) is 12.1 Å². The van der Waals surface area contributed by atoms with Crippen LogP contribution in [0.1, 0.15) is 12.0 Å². The molecule has 86 valence electrons. The van der Waals surface area contributed by atoms with Crippen molar-refractivity contribution in [3.05, 3.63) is 17.7 Å². The van der Waals surface area contributed by atoms with Gasteiger partial charge in [0.25, 0.3) is 0 Å². The smallest absolute Gasteiger partial charge is 0.162 e. The number of benzene rings is 1. The van der Waals surface area contributed by atoms with Crippen LogP contribution in [-0.2, 0) is 5.41 Å². The molecule has 16 heavy (non-hydrogen) atoms. The highest BCUT2D eigenvalue weighted by Gasteiger charge is 2.57. The zero-order valence-electron chi connectivity index (χ0n) is 9.54. The summed E-state index contributed by atoms with van der Waals surface area (Å²) in [5.41, 5.74) is 8.58. The van der Waals surface area contributed by atoms with Crippen molar-refractivity contribution in [2.45, 2.75) is 17.9 Å². The highest BCUT2D eigenvalue weighted by Crippen LogP contribution is 2.55. The third-order valence-electron chi connectivity index (χ3n) is 3.79. The van der Waals surface area contributed by atoms with Crippen LogP contribution in [0.3, 0.4) is 0 Å². The van der Waals surface area contributed by atoms with Crippen LogP contribution < -0.4 is 20.5 Å². The lowest BCUT2D eigenvalue weighted by Gasteiger charge is -2.12. The molecule has 1 fully saturated rings. The topological polar surface area (TPSA) is 56.5 Å². The molecule has 1 aromatic rings. The van der Waals surface area contributed by atoms with Gasteiger partial charge in [-0.3, -0.25) is 0 Å². The first kappa shape index (κ1) is 9.78. The second-order valence-electron chi connectivity index (χ2n) is 4.57. The van der Waals surface area contributed by atoms with Crippen molar-refractivity contribution in [3.8, 4) is 11.5 Å². The molecule has 2 atom stereocenters. The van der Waals surface area contributed by atoms with E-state index in [9.17, 15) is 0 Å². The van der Waals surface area contributed by atoms with Gasteiger partial charge in [-0.05, 0) is 18.1 Å². The minimum Gasteiger partial charge on any atom is -0.493 e. The number of fused-ring (bicyclic) bond motifs is 2. The molecule has 0 amide bonds. The fourth-order valence-electron chi connectivity index (χ4n) is 2.63. The molecule has 0 saturated heterocycles. The molecular formula is C12H16N2O2. The first-order valence-corrected chi connectivity index (χ1v) is 5.47. The monoisotopic (exact) mass is 220 g/mol. The van der Waals surface area contributed by atoms with Gasteiger partial charge in [0, 0.05) is 29.8 Å². The predicted molar refractivity (Wildman–Crippen MR) is 62.3 cm³/mol. The second-order valence-corrected chi connectivity index (χ2v) is 4.57. The van der Waals surface area contributed by atoms with E-state index in [4.69, 9.17) is 15.2 Å². The highest BCUT2D eigenvalue weighted by atomic mass is 16.5. The first-order chi connectivity index (χ1) is 7.71. The summed E-state index contributed by atoms with van der Waals surface area (Å²) >= 11 is 0. The molecule has 2 aliphatic rings. The minimum atomic E-state index is 0.148. The fourth-order valence-corrected chi connectivity index (χ4v) is 2.63. The molecule has 3 rings (SSSR count). The standard InChI is InChI=1S/C12H16N2O2/c1-15-9-3-7-8(4-10(9)16-2)14-6-12(7)5-11(12)13/h3-4,11,14H,5-6,13H2,1-2H3. The number of nitrogens with one attached hydrogen (secondary N) is 1. The SMILES string of the molecule is COc1cc2c(cc1OC)C1(CN2)CC1N. The van der Waals surface area contributed by atoms with Crippen LogP contribution in [0.25, 0.3) is 0 Å². The largest absolute Gasteiger partial charge is 0.493 e. The van der Waals surface area contributed by atoms with E-state index in [0.29, 0.717) is 0 Å².